The van der Waals surface area contributed by atoms with Crippen LogP contribution in [0.2, 0.25) is 0 Å². The molecule has 0 amide bonds. The van der Waals surface area contributed by atoms with E-state index in [1.54, 1.807) is 37.4 Å². The SMILES string of the molecule is COC(=O)c1ccc(-n2nnnc2-c2cc(-c3cc(C(C)C)ccc3OC)c(O)cc2O)cc1. The molecule has 0 atom stereocenters. The van der Waals surface area contributed by atoms with Gasteiger partial charge < -0.3 is 19.7 Å². The number of nitrogens with zero attached hydrogens (tertiary/aromatic N) is 4. The van der Waals surface area contributed by atoms with Gasteiger partial charge in [0, 0.05) is 17.2 Å². The van der Waals surface area contributed by atoms with Gasteiger partial charge in [0.05, 0.1) is 31.0 Å². The molecular formula is C25H24N4O5. The Labute approximate surface area is 196 Å². The molecular weight excluding hydrogens is 436 g/mol. The zero-order chi connectivity index (χ0) is 24.4. The van der Waals surface area contributed by atoms with Crippen LogP contribution in [0, 0.1) is 0 Å². The third-order valence-corrected chi connectivity index (χ3v) is 5.54. The van der Waals surface area contributed by atoms with Crippen molar-refractivity contribution in [1.82, 2.24) is 20.2 Å². The topological polar surface area (TPSA) is 120 Å². The summed E-state index contributed by atoms with van der Waals surface area (Å²) >= 11 is 0. The maximum atomic E-state index is 11.7. The van der Waals surface area contributed by atoms with E-state index in [-0.39, 0.29) is 23.2 Å². The van der Waals surface area contributed by atoms with Crippen LogP contribution in [0.25, 0.3) is 28.2 Å². The molecule has 0 saturated heterocycles. The molecule has 4 aromatic rings. The summed E-state index contributed by atoms with van der Waals surface area (Å²) in [6.07, 6.45) is 0. The molecule has 0 fully saturated rings. The second-order valence-corrected chi connectivity index (χ2v) is 7.95. The monoisotopic (exact) mass is 460 g/mol. The molecule has 2 N–H and O–H groups in total. The first-order valence-corrected chi connectivity index (χ1v) is 10.6. The quantitative estimate of drug-likeness (QED) is 0.408. The minimum absolute atomic E-state index is 0.109. The third-order valence-electron chi connectivity index (χ3n) is 5.54. The summed E-state index contributed by atoms with van der Waals surface area (Å²) in [6, 6.07) is 15.2. The lowest BCUT2D eigenvalue weighted by Crippen LogP contribution is -2.03. The lowest BCUT2D eigenvalue weighted by molar-refractivity contribution is 0.0600. The second-order valence-electron chi connectivity index (χ2n) is 7.95. The number of hydrogen-bond acceptors (Lipinski definition) is 8. The molecule has 4 rings (SSSR count). The Morgan fingerprint density at radius 3 is 2.26 bits per heavy atom. The first kappa shape index (κ1) is 22.8. The Balaban J connectivity index is 1.84. The number of hydrogen-bond donors (Lipinski definition) is 2. The van der Waals surface area contributed by atoms with E-state index in [9.17, 15) is 15.0 Å². The van der Waals surface area contributed by atoms with Gasteiger partial charge in [-0.1, -0.05) is 19.9 Å². The average molecular weight is 460 g/mol. The van der Waals surface area contributed by atoms with Crippen molar-refractivity contribution in [3.63, 3.8) is 0 Å². The van der Waals surface area contributed by atoms with E-state index in [1.165, 1.54) is 17.9 Å². The van der Waals surface area contributed by atoms with E-state index >= 15 is 0 Å². The van der Waals surface area contributed by atoms with Crippen molar-refractivity contribution >= 4 is 5.97 Å². The molecule has 9 nitrogen and oxygen atoms in total. The molecule has 0 bridgehead atoms. The van der Waals surface area contributed by atoms with Crippen molar-refractivity contribution < 1.29 is 24.5 Å². The maximum absolute atomic E-state index is 11.7. The maximum Gasteiger partial charge on any atom is 0.337 e. The van der Waals surface area contributed by atoms with Crippen LogP contribution in [0.15, 0.2) is 54.6 Å². The van der Waals surface area contributed by atoms with Gasteiger partial charge in [-0.25, -0.2) is 4.79 Å². The summed E-state index contributed by atoms with van der Waals surface area (Å²) in [7, 11) is 2.87. The number of phenolic OH excluding ortho intramolecular Hbond substituents is 2. The van der Waals surface area contributed by atoms with E-state index in [4.69, 9.17) is 9.47 Å². The van der Waals surface area contributed by atoms with E-state index in [0.29, 0.717) is 33.7 Å². The number of aromatic nitrogens is 4. The molecule has 174 valence electrons. The Morgan fingerprint density at radius 2 is 1.62 bits per heavy atom. The summed E-state index contributed by atoms with van der Waals surface area (Å²) in [5.41, 5.74) is 3.47. The predicted octanol–water partition coefficient (Wildman–Crippen LogP) is 4.33. The Bertz CT molecular complexity index is 1350. The number of rotatable bonds is 6. The van der Waals surface area contributed by atoms with Crippen molar-refractivity contribution in [1.29, 1.82) is 0 Å². The smallest absolute Gasteiger partial charge is 0.337 e. The van der Waals surface area contributed by atoms with Gasteiger partial charge in [-0.05, 0) is 64.4 Å². The van der Waals surface area contributed by atoms with Crippen LogP contribution in [0.4, 0.5) is 0 Å². The predicted molar refractivity (Wildman–Crippen MR) is 125 cm³/mol. The van der Waals surface area contributed by atoms with Crippen LogP contribution in [-0.2, 0) is 4.74 Å². The van der Waals surface area contributed by atoms with Crippen molar-refractivity contribution in [2.75, 3.05) is 14.2 Å². The van der Waals surface area contributed by atoms with Crippen molar-refractivity contribution in [2.24, 2.45) is 0 Å². The normalized spacial score (nSPS) is 11.0. The highest BCUT2D eigenvalue weighted by Gasteiger charge is 2.21. The van der Waals surface area contributed by atoms with Gasteiger partial charge in [0.15, 0.2) is 5.82 Å². The first-order chi connectivity index (χ1) is 16.3. The highest BCUT2D eigenvalue weighted by atomic mass is 16.5. The summed E-state index contributed by atoms with van der Waals surface area (Å²) < 4.78 is 11.7. The summed E-state index contributed by atoms with van der Waals surface area (Å²) in [4.78, 5) is 11.7. The van der Waals surface area contributed by atoms with Gasteiger partial charge in [0.25, 0.3) is 0 Å². The average Bonchev–Trinajstić information content (AvgIpc) is 3.33. The number of phenols is 2. The minimum Gasteiger partial charge on any atom is -0.507 e. The lowest BCUT2D eigenvalue weighted by atomic mass is 9.94. The number of methoxy groups -OCH3 is 2. The molecule has 1 aromatic heterocycles. The molecule has 0 aliphatic heterocycles. The number of ether oxygens (including phenoxy) is 2. The van der Waals surface area contributed by atoms with Gasteiger partial charge in [-0.15, -0.1) is 5.10 Å². The lowest BCUT2D eigenvalue weighted by Gasteiger charge is -2.16. The number of carbonyl (C=O) groups excluding carboxylic acids is 1. The first-order valence-electron chi connectivity index (χ1n) is 10.6. The van der Waals surface area contributed by atoms with Crippen LogP contribution in [0.3, 0.4) is 0 Å². The molecule has 9 heteroatoms. The highest BCUT2D eigenvalue weighted by Crippen LogP contribution is 2.43. The fraction of sp³-hybridized carbons (Fsp3) is 0.200. The van der Waals surface area contributed by atoms with Gasteiger partial charge in [0.1, 0.15) is 17.2 Å². The zero-order valence-corrected chi connectivity index (χ0v) is 19.2. The van der Waals surface area contributed by atoms with Crippen molar-refractivity contribution in [3.8, 4) is 45.5 Å². The molecule has 34 heavy (non-hydrogen) atoms. The number of benzene rings is 3. The van der Waals surface area contributed by atoms with E-state index in [1.807, 2.05) is 18.2 Å². The van der Waals surface area contributed by atoms with Gasteiger partial charge in [-0.3, -0.25) is 0 Å². The van der Waals surface area contributed by atoms with Crippen LogP contribution >= 0.6 is 0 Å². The minimum atomic E-state index is -0.457. The van der Waals surface area contributed by atoms with Gasteiger partial charge in [0.2, 0.25) is 0 Å². The molecule has 3 aromatic carbocycles. The zero-order valence-electron chi connectivity index (χ0n) is 19.2. The molecule has 0 aliphatic carbocycles. The number of carbonyl (C=O) groups is 1. The highest BCUT2D eigenvalue weighted by molar-refractivity contribution is 5.89. The molecule has 0 spiro atoms. The number of tetrazole rings is 1. The summed E-state index contributed by atoms with van der Waals surface area (Å²) in [5, 5.41) is 33.2. The van der Waals surface area contributed by atoms with Crippen LogP contribution in [0.1, 0.15) is 35.7 Å². The molecule has 0 aliphatic rings. The standard InChI is InChI=1S/C25H24N4O5/c1-14(2)16-7-10-23(33-3)19(11-16)18-12-20(22(31)13-21(18)30)24-26-27-28-29(24)17-8-5-15(6-9-17)25(32)34-4/h5-14,30-31H,1-4H3. The largest absolute Gasteiger partial charge is 0.507 e. The third kappa shape index (κ3) is 4.15. The summed E-state index contributed by atoms with van der Waals surface area (Å²) in [5.74, 6) is 0.341. The van der Waals surface area contributed by atoms with Gasteiger partial charge >= 0.3 is 5.97 Å². The van der Waals surface area contributed by atoms with Crippen molar-refractivity contribution in [2.45, 2.75) is 19.8 Å². The molecule has 0 radical (unpaired) electrons. The van der Waals surface area contributed by atoms with E-state index in [2.05, 4.69) is 29.4 Å². The van der Waals surface area contributed by atoms with Crippen LogP contribution < -0.4 is 4.74 Å². The molecule has 0 unspecified atom stereocenters. The second kappa shape index (κ2) is 9.22. The Hall–Kier alpha value is -4.40. The molecule has 0 saturated carbocycles. The van der Waals surface area contributed by atoms with E-state index in [0.717, 1.165) is 5.56 Å². The Kier molecular flexibility index (Phi) is 6.18. The summed E-state index contributed by atoms with van der Waals surface area (Å²) in [6.45, 7) is 4.15. The van der Waals surface area contributed by atoms with Crippen LogP contribution in [-0.4, -0.2) is 50.6 Å². The fourth-order valence-electron chi connectivity index (χ4n) is 3.65. The fourth-order valence-corrected chi connectivity index (χ4v) is 3.65. The van der Waals surface area contributed by atoms with Crippen LogP contribution in [0.5, 0.6) is 17.2 Å². The van der Waals surface area contributed by atoms with E-state index < -0.39 is 5.97 Å². The van der Waals surface area contributed by atoms with Gasteiger partial charge in [-0.2, -0.15) is 4.68 Å². The molecule has 1 heterocycles. The van der Waals surface area contributed by atoms with Crippen molar-refractivity contribution in [3.05, 3.63) is 65.7 Å². The number of esters is 1. The number of aromatic hydroxyl groups is 2. The Morgan fingerprint density at radius 1 is 0.912 bits per heavy atom.